The second kappa shape index (κ2) is 6.61. The highest BCUT2D eigenvalue weighted by Gasteiger charge is 2.23. The highest BCUT2D eigenvalue weighted by Crippen LogP contribution is 2.20. The largest absolute Gasteiger partial charge is 0.508 e. The smallest absolute Gasteiger partial charge is 0.410 e. The predicted octanol–water partition coefficient (Wildman–Crippen LogP) is 2.68. The van der Waals surface area contributed by atoms with Gasteiger partial charge in [-0.2, -0.15) is 0 Å². The lowest BCUT2D eigenvalue weighted by atomic mass is 10.1. The third kappa shape index (κ3) is 5.09. The van der Waals surface area contributed by atoms with Crippen molar-refractivity contribution in [3.05, 3.63) is 29.8 Å². The number of benzene rings is 1. The van der Waals surface area contributed by atoms with Crippen molar-refractivity contribution in [2.45, 2.75) is 39.4 Å². The summed E-state index contributed by atoms with van der Waals surface area (Å²) in [6.07, 6.45) is -1.33. The van der Waals surface area contributed by atoms with E-state index < -0.39 is 17.8 Å². The second-order valence-corrected chi connectivity index (χ2v) is 5.63. The molecule has 2 N–H and O–H groups in total. The molecule has 1 aromatic carbocycles. The number of aliphatic hydroxyl groups is 1. The van der Waals surface area contributed by atoms with E-state index in [0.717, 1.165) is 0 Å². The lowest BCUT2D eigenvalue weighted by Crippen LogP contribution is -2.39. The first-order valence-electron chi connectivity index (χ1n) is 6.68. The maximum Gasteiger partial charge on any atom is 0.410 e. The van der Waals surface area contributed by atoms with Gasteiger partial charge in [0, 0.05) is 6.54 Å². The van der Waals surface area contributed by atoms with Crippen molar-refractivity contribution in [3.63, 3.8) is 0 Å². The average Bonchev–Trinajstić information content (AvgIpc) is 2.33. The van der Waals surface area contributed by atoms with Crippen LogP contribution in [0.1, 0.15) is 39.4 Å². The van der Waals surface area contributed by atoms with Crippen molar-refractivity contribution in [1.82, 2.24) is 4.90 Å². The molecule has 1 rings (SSSR count). The van der Waals surface area contributed by atoms with Crippen molar-refractivity contribution in [2.24, 2.45) is 0 Å². The Bertz CT molecular complexity index is 453. The number of phenols is 1. The number of aliphatic hydroxyl groups excluding tert-OH is 1. The van der Waals surface area contributed by atoms with Gasteiger partial charge in [0.05, 0.1) is 12.6 Å². The standard InChI is InChI=1S/C15H23NO4/c1-5-16(14(19)20-15(2,3)4)10-13(18)11-7-6-8-12(17)9-11/h6-9,13,17-18H,5,10H2,1-4H3. The molecule has 0 spiro atoms. The predicted molar refractivity (Wildman–Crippen MR) is 76.5 cm³/mol. The summed E-state index contributed by atoms with van der Waals surface area (Å²) in [5.74, 6) is 0.0851. The quantitative estimate of drug-likeness (QED) is 0.890. The molecule has 0 saturated carbocycles. The minimum absolute atomic E-state index is 0.0851. The molecule has 0 aromatic heterocycles. The third-order valence-corrected chi connectivity index (χ3v) is 2.68. The number of carbonyl (C=O) groups excluding carboxylic acids is 1. The van der Waals surface area contributed by atoms with E-state index in [4.69, 9.17) is 4.74 Å². The van der Waals surface area contributed by atoms with Crippen molar-refractivity contribution >= 4 is 6.09 Å². The summed E-state index contributed by atoms with van der Waals surface area (Å²) < 4.78 is 5.28. The Labute approximate surface area is 119 Å². The Hall–Kier alpha value is -1.75. The summed E-state index contributed by atoms with van der Waals surface area (Å²) in [7, 11) is 0. The number of nitrogens with zero attached hydrogens (tertiary/aromatic N) is 1. The molecular weight excluding hydrogens is 258 g/mol. The fourth-order valence-electron chi connectivity index (χ4n) is 1.71. The fraction of sp³-hybridized carbons (Fsp3) is 0.533. The Morgan fingerprint density at radius 1 is 1.40 bits per heavy atom. The number of hydrogen-bond donors (Lipinski definition) is 2. The summed E-state index contributed by atoms with van der Waals surface area (Å²) in [6.45, 7) is 7.76. The molecule has 0 radical (unpaired) electrons. The Morgan fingerprint density at radius 2 is 2.05 bits per heavy atom. The van der Waals surface area contributed by atoms with E-state index in [9.17, 15) is 15.0 Å². The van der Waals surface area contributed by atoms with E-state index in [1.807, 2.05) is 6.92 Å². The van der Waals surface area contributed by atoms with Crippen LogP contribution in [0.2, 0.25) is 0 Å². The van der Waals surface area contributed by atoms with E-state index in [0.29, 0.717) is 12.1 Å². The van der Waals surface area contributed by atoms with E-state index in [1.165, 1.54) is 17.0 Å². The molecule has 0 aliphatic carbocycles. The van der Waals surface area contributed by atoms with Gasteiger partial charge in [-0.15, -0.1) is 0 Å². The molecule has 1 amide bonds. The molecule has 0 fully saturated rings. The molecule has 1 atom stereocenters. The van der Waals surface area contributed by atoms with Crippen LogP contribution in [-0.4, -0.2) is 39.9 Å². The minimum atomic E-state index is -0.866. The monoisotopic (exact) mass is 281 g/mol. The topological polar surface area (TPSA) is 70.0 Å². The summed E-state index contributed by atoms with van der Waals surface area (Å²) in [4.78, 5) is 13.4. The number of likely N-dealkylation sites (N-methyl/N-ethyl adjacent to an activating group) is 1. The fourth-order valence-corrected chi connectivity index (χ4v) is 1.71. The van der Waals surface area contributed by atoms with E-state index in [2.05, 4.69) is 0 Å². The molecule has 0 aliphatic rings. The van der Waals surface area contributed by atoms with Crippen LogP contribution in [0, 0.1) is 0 Å². The van der Waals surface area contributed by atoms with Gasteiger partial charge in [-0.05, 0) is 45.4 Å². The summed E-state index contributed by atoms with van der Waals surface area (Å²) >= 11 is 0. The van der Waals surface area contributed by atoms with Crippen LogP contribution >= 0.6 is 0 Å². The van der Waals surface area contributed by atoms with Crippen LogP contribution in [-0.2, 0) is 4.74 Å². The van der Waals surface area contributed by atoms with Crippen LogP contribution < -0.4 is 0 Å². The maximum atomic E-state index is 12.0. The van der Waals surface area contributed by atoms with Gasteiger partial charge in [-0.25, -0.2) is 4.79 Å². The number of ether oxygens (including phenoxy) is 1. The molecular formula is C15H23NO4. The van der Waals surface area contributed by atoms with Crippen molar-refractivity contribution in [3.8, 4) is 5.75 Å². The van der Waals surface area contributed by atoms with E-state index in [-0.39, 0.29) is 12.3 Å². The summed E-state index contributed by atoms with van der Waals surface area (Å²) in [6, 6.07) is 6.36. The molecule has 112 valence electrons. The zero-order valence-corrected chi connectivity index (χ0v) is 12.5. The number of carbonyl (C=O) groups is 1. The number of rotatable bonds is 4. The number of aromatic hydroxyl groups is 1. The third-order valence-electron chi connectivity index (χ3n) is 2.68. The van der Waals surface area contributed by atoms with Crippen LogP contribution in [0.5, 0.6) is 5.75 Å². The summed E-state index contributed by atoms with van der Waals surface area (Å²) in [5, 5.41) is 19.5. The minimum Gasteiger partial charge on any atom is -0.508 e. The van der Waals surface area contributed by atoms with Crippen LogP contribution in [0.25, 0.3) is 0 Å². The SMILES string of the molecule is CCN(CC(O)c1cccc(O)c1)C(=O)OC(C)(C)C. The molecule has 1 aromatic rings. The molecule has 5 nitrogen and oxygen atoms in total. The summed E-state index contributed by atoms with van der Waals surface area (Å²) in [5.41, 5.74) is -0.00693. The first kappa shape index (κ1) is 16.3. The van der Waals surface area contributed by atoms with Crippen molar-refractivity contribution in [2.75, 3.05) is 13.1 Å². The molecule has 5 heteroatoms. The van der Waals surface area contributed by atoms with Crippen molar-refractivity contribution < 1.29 is 19.7 Å². The van der Waals surface area contributed by atoms with Gasteiger partial charge < -0.3 is 19.8 Å². The first-order chi connectivity index (χ1) is 9.23. The van der Waals surface area contributed by atoms with Crippen molar-refractivity contribution in [1.29, 1.82) is 0 Å². The van der Waals surface area contributed by atoms with Gasteiger partial charge in [0.25, 0.3) is 0 Å². The number of hydrogen-bond acceptors (Lipinski definition) is 4. The average molecular weight is 281 g/mol. The van der Waals surface area contributed by atoms with Gasteiger partial charge in [0.15, 0.2) is 0 Å². The van der Waals surface area contributed by atoms with Crippen LogP contribution in [0.15, 0.2) is 24.3 Å². The van der Waals surface area contributed by atoms with Crippen LogP contribution in [0.3, 0.4) is 0 Å². The van der Waals surface area contributed by atoms with Gasteiger partial charge in [0.1, 0.15) is 11.4 Å². The van der Waals surface area contributed by atoms with E-state index >= 15 is 0 Å². The Morgan fingerprint density at radius 3 is 2.55 bits per heavy atom. The second-order valence-electron chi connectivity index (χ2n) is 5.63. The number of amides is 1. The molecule has 1 unspecified atom stereocenters. The molecule has 20 heavy (non-hydrogen) atoms. The lowest BCUT2D eigenvalue weighted by Gasteiger charge is -2.28. The number of phenolic OH excluding ortho intramolecular Hbond substituents is 1. The maximum absolute atomic E-state index is 12.0. The normalized spacial score (nSPS) is 12.8. The van der Waals surface area contributed by atoms with E-state index in [1.54, 1.807) is 32.9 Å². The van der Waals surface area contributed by atoms with Gasteiger partial charge in [0.2, 0.25) is 0 Å². The van der Waals surface area contributed by atoms with Crippen LogP contribution in [0.4, 0.5) is 4.79 Å². The van der Waals surface area contributed by atoms with Gasteiger partial charge >= 0.3 is 6.09 Å². The molecule has 0 saturated heterocycles. The Balaban J connectivity index is 2.71. The molecule has 0 bridgehead atoms. The first-order valence-corrected chi connectivity index (χ1v) is 6.68. The molecule has 0 heterocycles. The lowest BCUT2D eigenvalue weighted by molar-refractivity contribution is 0.0157. The highest BCUT2D eigenvalue weighted by molar-refractivity contribution is 5.68. The Kier molecular flexibility index (Phi) is 5.39. The van der Waals surface area contributed by atoms with Gasteiger partial charge in [-0.1, -0.05) is 12.1 Å². The molecule has 0 aliphatic heterocycles. The highest BCUT2D eigenvalue weighted by atomic mass is 16.6. The van der Waals surface area contributed by atoms with Gasteiger partial charge in [-0.3, -0.25) is 0 Å². The zero-order valence-electron chi connectivity index (χ0n) is 12.5. The zero-order chi connectivity index (χ0) is 15.3.